The lowest BCUT2D eigenvalue weighted by Gasteiger charge is -2.33. The van der Waals surface area contributed by atoms with Crippen LogP contribution >= 0.6 is 0 Å². The summed E-state index contributed by atoms with van der Waals surface area (Å²) in [5.74, 6) is 0. The second-order valence-corrected chi connectivity index (χ2v) is 7.44. The molecule has 1 fully saturated rings. The van der Waals surface area contributed by atoms with Gasteiger partial charge in [-0.2, -0.15) is 0 Å². The molecule has 1 saturated carbocycles. The molecule has 21 heavy (non-hydrogen) atoms. The van der Waals surface area contributed by atoms with E-state index >= 15 is 0 Å². The van der Waals surface area contributed by atoms with Crippen LogP contribution in [-0.4, -0.2) is 41.0 Å². The standard InChI is InChI=1S/C16H32N2O3/c1-6-16(5,20)11-17-12-8-7-9-13(10-12)18-14(19)21-15(2,3)4/h12-13,17,20H,6-11H2,1-5H3,(H,18,19). The van der Waals surface area contributed by atoms with Crippen LogP contribution in [0.25, 0.3) is 0 Å². The Balaban J connectivity index is 2.37. The minimum Gasteiger partial charge on any atom is -0.444 e. The summed E-state index contributed by atoms with van der Waals surface area (Å²) in [4.78, 5) is 11.8. The Kier molecular flexibility index (Phi) is 6.47. The fraction of sp³-hybridized carbons (Fsp3) is 0.938. The number of amides is 1. The molecule has 1 rings (SSSR count). The van der Waals surface area contributed by atoms with Gasteiger partial charge in [-0.3, -0.25) is 0 Å². The van der Waals surface area contributed by atoms with Crippen LogP contribution < -0.4 is 10.6 Å². The number of ether oxygens (including phenoxy) is 1. The number of carbonyl (C=O) groups is 1. The first kappa shape index (κ1) is 18.2. The summed E-state index contributed by atoms with van der Waals surface area (Å²) in [5, 5.41) is 16.4. The quantitative estimate of drug-likeness (QED) is 0.730. The molecule has 0 heterocycles. The van der Waals surface area contributed by atoms with Crippen molar-refractivity contribution in [2.45, 2.75) is 90.0 Å². The Morgan fingerprint density at radius 3 is 2.43 bits per heavy atom. The van der Waals surface area contributed by atoms with E-state index in [-0.39, 0.29) is 12.1 Å². The lowest BCUT2D eigenvalue weighted by molar-refractivity contribution is 0.0446. The predicted octanol–water partition coefficient (Wildman–Crippen LogP) is 2.57. The topological polar surface area (TPSA) is 70.6 Å². The van der Waals surface area contributed by atoms with Gasteiger partial charge in [-0.15, -0.1) is 0 Å². The molecule has 0 aliphatic heterocycles. The third kappa shape index (κ3) is 7.67. The van der Waals surface area contributed by atoms with E-state index < -0.39 is 11.2 Å². The van der Waals surface area contributed by atoms with E-state index in [1.54, 1.807) is 0 Å². The maximum absolute atomic E-state index is 11.8. The molecule has 1 aliphatic carbocycles. The number of aliphatic hydroxyl groups is 1. The number of alkyl carbamates (subject to hydrolysis) is 1. The summed E-state index contributed by atoms with van der Waals surface area (Å²) in [6, 6.07) is 0.495. The molecule has 0 aromatic heterocycles. The number of rotatable bonds is 5. The van der Waals surface area contributed by atoms with Crippen LogP contribution in [-0.2, 0) is 4.74 Å². The van der Waals surface area contributed by atoms with Crippen LogP contribution in [0.15, 0.2) is 0 Å². The molecule has 0 bridgehead atoms. The summed E-state index contributed by atoms with van der Waals surface area (Å²) in [6.45, 7) is 10.0. The van der Waals surface area contributed by atoms with Crippen molar-refractivity contribution in [2.75, 3.05) is 6.54 Å². The van der Waals surface area contributed by atoms with E-state index in [0.717, 1.165) is 32.1 Å². The summed E-state index contributed by atoms with van der Waals surface area (Å²) < 4.78 is 5.30. The van der Waals surface area contributed by atoms with E-state index in [9.17, 15) is 9.90 Å². The molecule has 3 N–H and O–H groups in total. The second-order valence-electron chi connectivity index (χ2n) is 7.44. The third-order valence-electron chi connectivity index (χ3n) is 3.93. The molecule has 1 amide bonds. The first-order valence-electron chi connectivity index (χ1n) is 8.06. The predicted molar refractivity (Wildman–Crippen MR) is 84.3 cm³/mol. The largest absolute Gasteiger partial charge is 0.444 e. The summed E-state index contributed by atoms with van der Waals surface area (Å²) in [7, 11) is 0. The molecule has 0 aromatic carbocycles. The summed E-state index contributed by atoms with van der Waals surface area (Å²) >= 11 is 0. The fourth-order valence-electron chi connectivity index (χ4n) is 2.47. The highest BCUT2D eigenvalue weighted by Gasteiger charge is 2.27. The molecule has 0 saturated heterocycles. The molecule has 1 aliphatic rings. The first-order valence-corrected chi connectivity index (χ1v) is 8.06. The number of hydrogen-bond donors (Lipinski definition) is 3. The highest BCUT2D eigenvalue weighted by Crippen LogP contribution is 2.20. The van der Waals surface area contributed by atoms with Crippen molar-refractivity contribution in [3.63, 3.8) is 0 Å². The lowest BCUT2D eigenvalue weighted by Crippen LogP contribution is -2.48. The fourth-order valence-corrected chi connectivity index (χ4v) is 2.47. The van der Waals surface area contributed by atoms with Gasteiger partial charge in [-0.25, -0.2) is 4.79 Å². The minimum atomic E-state index is -0.661. The van der Waals surface area contributed by atoms with Crippen molar-refractivity contribution in [3.05, 3.63) is 0 Å². The van der Waals surface area contributed by atoms with Crippen LogP contribution in [0.5, 0.6) is 0 Å². The number of hydrogen-bond acceptors (Lipinski definition) is 4. The third-order valence-corrected chi connectivity index (χ3v) is 3.93. The maximum atomic E-state index is 11.8. The van der Waals surface area contributed by atoms with E-state index in [1.165, 1.54) is 0 Å². The van der Waals surface area contributed by atoms with Crippen LogP contribution in [0, 0.1) is 0 Å². The lowest BCUT2D eigenvalue weighted by atomic mass is 9.90. The monoisotopic (exact) mass is 300 g/mol. The van der Waals surface area contributed by atoms with Gasteiger partial charge >= 0.3 is 6.09 Å². The average molecular weight is 300 g/mol. The van der Waals surface area contributed by atoms with E-state index in [1.807, 2.05) is 34.6 Å². The maximum Gasteiger partial charge on any atom is 0.407 e. The average Bonchev–Trinajstić information content (AvgIpc) is 2.34. The molecular formula is C16H32N2O3. The Labute approximate surface area is 128 Å². The SMILES string of the molecule is CCC(C)(O)CNC1CCCC(NC(=O)OC(C)(C)C)C1. The van der Waals surface area contributed by atoms with Crippen LogP contribution in [0.3, 0.4) is 0 Å². The van der Waals surface area contributed by atoms with E-state index in [4.69, 9.17) is 4.74 Å². The Morgan fingerprint density at radius 1 is 1.24 bits per heavy atom. The van der Waals surface area contributed by atoms with Crippen molar-refractivity contribution < 1.29 is 14.6 Å². The van der Waals surface area contributed by atoms with Gasteiger partial charge in [-0.1, -0.05) is 6.92 Å². The van der Waals surface area contributed by atoms with Crippen LogP contribution in [0.4, 0.5) is 4.79 Å². The molecule has 0 aromatic rings. The molecular weight excluding hydrogens is 268 g/mol. The van der Waals surface area contributed by atoms with Gasteiger partial charge in [-0.05, 0) is 59.8 Å². The summed E-state index contributed by atoms with van der Waals surface area (Å²) in [5.41, 5.74) is -1.12. The minimum absolute atomic E-state index is 0.151. The Bertz CT molecular complexity index is 337. The van der Waals surface area contributed by atoms with Crippen molar-refractivity contribution >= 4 is 6.09 Å². The molecule has 3 unspecified atom stereocenters. The van der Waals surface area contributed by atoms with Crippen molar-refractivity contribution in [2.24, 2.45) is 0 Å². The zero-order valence-electron chi connectivity index (χ0n) is 14.2. The normalized spacial score (nSPS) is 26.0. The second kappa shape index (κ2) is 7.45. The van der Waals surface area contributed by atoms with Crippen LogP contribution in [0.2, 0.25) is 0 Å². The number of carbonyl (C=O) groups excluding carboxylic acids is 1. The highest BCUT2D eigenvalue weighted by molar-refractivity contribution is 5.68. The summed E-state index contributed by atoms with van der Waals surface area (Å²) in [6.07, 6.45) is 4.43. The molecule has 3 atom stereocenters. The van der Waals surface area contributed by atoms with Gasteiger partial charge in [0.05, 0.1) is 5.60 Å². The molecule has 124 valence electrons. The number of nitrogens with one attached hydrogen (secondary N) is 2. The van der Waals surface area contributed by atoms with Gasteiger partial charge < -0.3 is 20.5 Å². The van der Waals surface area contributed by atoms with Gasteiger partial charge in [0.2, 0.25) is 0 Å². The Morgan fingerprint density at radius 2 is 1.86 bits per heavy atom. The molecule has 5 nitrogen and oxygen atoms in total. The van der Waals surface area contributed by atoms with E-state index in [2.05, 4.69) is 10.6 Å². The van der Waals surface area contributed by atoms with Crippen molar-refractivity contribution in [3.8, 4) is 0 Å². The van der Waals surface area contributed by atoms with Gasteiger partial charge in [0.15, 0.2) is 0 Å². The zero-order valence-corrected chi connectivity index (χ0v) is 14.2. The molecule has 0 radical (unpaired) electrons. The van der Waals surface area contributed by atoms with E-state index in [0.29, 0.717) is 12.6 Å². The smallest absolute Gasteiger partial charge is 0.407 e. The first-order chi connectivity index (χ1) is 9.61. The van der Waals surface area contributed by atoms with Gasteiger partial charge in [0.25, 0.3) is 0 Å². The van der Waals surface area contributed by atoms with Gasteiger partial charge in [0.1, 0.15) is 5.60 Å². The van der Waals surface area contributed by atoms with Crippen molar-refractivity contribution in [1.82, 2.24) is 10.6 Å². The molecule has 0 spiro atoms. The zero-order chi connectivity index (χ0) is 16.1. The highest BCUT2D eigenvalue weighted by atomic mass is 16.6. The van der Waals surface area contributed by atoms with Gasteiger partial charge in [0, 0.05) is 18.6 Å². The Hall–Kier alpha value is -0.810. The molecule has 5 heteroatoms. The van der Waals surface area contributed by atoms with Crippen LogP contribution in [0.1, 0.15) is 66.7 Å². The van der Waals surface area contributed by atoms with Crippen molar-refractivity contribution in [1.29, 1.82) is 0 Å².